The lowest BCUT2D eigenvalue weighted by Gasteiger charge is -2.38. The van der Waals surface area contributed by atoms with Crippen LogP contribution < -0.4 is 15.1 Å². The van der Waals surface area contributed by atoms with Gasteiger partial charge in [-0.3, -0.25) is 4.79 Å². The third-order valence-electron chi connectivity index (χ3n) is 5.80. The summed E-state index contributed by atoms with van der Waals surface area (Å²) in [5, 5.41) is 21.5. The van der Waals surface area contributed by atoms with Gasteiger partial charge in [-0.15, -0.1) is 11.3 Å². The first kappa shape index (κ1) is 28.5. The van der Waals surface area contributed by atoms with Crippen LogP contribution in [-0.4, -0.2) is 60.4 Å². The number of benzene rings is 2. The van der Waals surface area contributed by atoms with E-state index in [1.165, 1.54) is 28.2 Å². The molecule has 4 rings (SSSR count). The summed E-state index contributed by atoms with van der Waals surface area (Å²) in [6, 6.07) is 15.1. The Morgan fingerprint density at radius 3 is 2.03 bits per heavy atom. The number of nitrogens with zero attached hydrogens (tertiary/aromatic N) is 2. The molecule has 0 atom stereocenters. The molecule has 2 aromatic carbocycles. The van der Waals surface area contributed by atoms with Gasteiger partial charge in [0.15, 0.2) is 0 Å². The highest BCUT2D eigenvalue weighted by Gasteiger charge is 2.38. The van der Waals surface area contributed by atoms with E-state index in [-0.39, 0.29) is 11.5 Å². The van der Waals surface area contributed by atoms with E-state index < -0.39 is 18.1 Å². The molecule has 1 aromatic heterocycles. The number of piperazine rings is 1. The Hall–Kier alpha value is -4.06. The number of thiophene rings is 1. The highest BCUT2D eigenvalue weighted by atomic mass is 32.1. The van der Waals surface area contributed by atoms with Gasteiger partial charge in [-0.25, -0.2) is 9.59 Å². The summed E-state index contributed by atoms with van der Waals surface area (Å²) in [5.41, 5.74) is 5.08. The zero-order valence-electron chi connectivity index (χ0n) is 20.6. The molecule has 3 N–H and O–H groups in total. The molecule has 1 aliphatic heterocycles. The van der Waals surface area contributed by atoms with E-state index in [1.54, 1.807) is 24.3 Å². The van der Waals surface area contributed by atoms with Gasteiger partial charge in [0.1, 0.15) is 0 Å². The number of hydrogen-bond donors (Lipinski definition) is 3. The summed E-state index contributed by atoms with van der Waals surface area (Å²) in [6.45, 7) is 7.31. The second-order valence-electron chi connectivity index (χ2n) is 8.54. The van der Waals surface area contributed by atoms with Gasteiger partial charge in [0.05, 0.1) is 16.1 Å². The number of amides is 1. The maximum Gasteiger partial charge on any atom is 0.490 e. The predicted octanol–water partition coefficient (Wildman–Crippen LogP) is 5.28. The van der Waals surface area contributed by atoms with Crippen molar-refractivity contribution in [2.75, 3.05) is 41.3 Å². The van der Waals surface area contributed by atoms with E-state index in [4.69, 9.17) is 9.90 Å². The zero-order valence-corrected chi connectivity index (χ0v) is 21.4. The quantitative estimate of drug-likeness (QED) is 0.398. The van der Waals surface area contributed by atoms with Crippen molar-refractivity contribution in [3.63, 3.8) is 0 Å². The molecular formula is C26H26F3N3O5S. The van der Waals surface area contributed by atoms with Crippen molar-refractivity contribution < 1.29 is 37.8 Å². The van der Waals surface area contributed by atoms with Crippen molar-refractivity contribution in [1.82, 2.24) is 0 Å². The Morgan fingerprint density at radius 2 is 1.50 bits per heavy atom. The minimum absolute atomic E-state index is 0.198. The maximum atomic E-state index is 12.3. The number of anilines is 3. The van der Waals surface area contributed by atoms with E-state index in [9.17, 15) is 27.9 Å². The lowest BCUT2D eigenvalue weighted by molar-refractivity contribution is -0.192. The van der Waals surface area contributed by atoms with E-state index in [0.717, 1.165) is 26.2 Å². The fourth-order valence-electron chi connectivity index (χ4n) is 3.91. The van der Waals surface area contributed by atoms with E-state index in [0.29, 0.717) is 16.3 Å². The van der Waals surface area contributed by atoms with Crippen LogP contribution in [0.4, 0.5) is 30.2 Å². The third-order valence-corrected chi connectivity index (χ3v) is 6.67. The Kier molecular flexibility index (Phi) is 9.00. The molecule has 0 radical (unpaired) electrons. The molecule has 1 fully saturated rings. The van der Waals surface area contributed by atoms with Crippen LogP contribution in [0.5, 0.6) is 0 Å². The van der Waals surface area contributed by atoms with Crippen LogP contribution >= 0.6 is 11.3 Å². The molecule has 202 valence electrons. The van der Waals surface area contributed by atoms with Gasteiger partial charge in [-0.1, -0.05) is 18.2 Å². The highest BCUT2D eigenvalue weighted by Crippen LogP contribution is 2.28. The molecule has 1 aliphatic rings. The first-order valence-corrected chi connectivity index (χ1v) is 12.3. The number of aliphatic carboxylic acids is 1. The van der Waals surface area contributed by atoms with Gasteiger partial charge >= 0.3 is 18.1 Å². The summed E-state index contributed by atoms with van der Waals surface area (Å²) >= 11 is 1.35. The van der Waals surface area contributed by atoms with Gasteiger partial charge in [-0.2, -0.15) is 13.2 Å². The zero-order chi connectivity index (χ0) is 28.0. The second-order valence-corrected chi connectivity index (χ2v) is 9.48. The van der Waals surface area contributed by atoms with E-state index in [2.05, 4.69) is 47.2 Å². The van der Waals surface area contributed by atoms with Crippen molar-refractivity contribution in [3.05, 3.63) is 75.5 Å². The number of nitrogens with one attached hydrogen (secondary N) is 1. The van der Waals surface area contributed by atoms with Crippen LogP contribution in [0, 0.1) is 13.8 Å². The minimum Gasteiger partial charge on any atom is -0.478 e. The van der Waals surface area contributed by atoms with Crippen molar-refractivity contribution >= 4 is 46.2 Å². The molecule has 1 amide bonds. The normalized spacial score (nSPS) is 13.4. The molecule has 0 saturated carbocycles. The number of carboxylic acid groups (broad SMARTS) is 2. The fraction of sp³-hybridized carbons (Fsp3) is 0.269. The molecule has 38 heavy (non-hydrogen) atoms. The van der Waals surface area contributed by atoms with Crippen LogP contribution in [0.3, 0.4) is 0 Å². The topological polar surface area (TPSA) is 110 Å². The van der Waals surface area contributed by atoms with Crippen molar-refractivity contribution in [3.8, 4) is 0 Å². The third kappa shape index (κ3) is 7.25. The first-order valence-electron chi connectivity index (χ1n) is 11.5. The summed E-state index contributed by atoms with van der Waals surface area (Å²) in [6.07, 6.45) is -5.08. The number of hydrogen-bond acceptors (Lipinski definition) is 6. The number of aryl methyl sites for hydroxylation is 2. The number of alkyl halides is 3. The molecule has 1 saturated heterocycles. The number of rotatable bonds is 5. The van der Waals surface area contributed by atoms with Crippen molar-refractivity contribution in [2.24, 2.45) is 0 Å². The number of aromatic carboxylic acids is 1. The Bertz CT molecular complexity index is 1300. The average Bonchev–Trinajstić information content (AvgIpc) is 3.41. The van der Waals surface area contributed by atoms with Gasteiger partial charge in [-0.05, 0) is 60.7 Å². The Balaban J connectivity index is 0.000000505. The Morgan fingerprint density at radius 1 is 0.895 bits per heavy atom. The van der Waals surface area contributed by atoms with Crippen molar-refractivity contribution in [1.29, 1.82) is 0 Å². The van der Waals surface area contributed by atoms with E-state index >= 15 is 0 Å². The SMILES string of the molecule is Cc1ccc(C)c(N2CCN(c3ccc(NC(=O)c4cccs4)cc3C(=O)O)CC2)c1.O=C(O)C(F)(F)F. The van der Waals surface area contributed by atoms with Crippen molar-refractivity contribution in [2.45, 2.75) is 20.0 Å². The predicted molar refractivity (Wildman–Crippen MR) is 140 cm³/mol. The number of carbonyl (C=O) groups excluding carboxylic acids is 1. The minimum atomic E-state index is -5.08. The second kappa shape index (κ2) is 12.0. The molecule has 0 aliphatic carbocycles. The molecular weight excluding hydrogens is 523 g/mol. The lowest BCUT2D eigenvalue weighted by Crippen LogP contribution is -2.47. The summed E-state index contributed by atoms with van der Waals surface area (Å²) < 4.78 is 31.7. The van der Waals surface area contributed by atoms with Crippen LogP contribution in [-0.2, 0) is 4.79 Å². The number of carboxylic acids is 2. The maximum absolute atomic E-state index is 12.3. The lowest BCUT2D eigenvalue weighted by atomic mass is 10.1. The molecule has 8 nitrogen and oxygen atoms in total. The van der Waals surface area contributed by atoms with Crippen LogP contribution in [0.1, 0.15) is 31.2 Å². The molecule has 0 unspecified atom stereocenters. The monoisotopic (exact) mass is 549 g/mol. The number of halogens is 3. The van der Waals surface area contributed by atoms with Gasteiger partial charge in [0.25, 0.3) is 5.91 Å². The standard InChI is InChI=1S/C24H25N3O3S.C2HF3O2/c1-16-5-6-17(2)21(14-16)27-11-9-26(10-12-27)20-8-7-18(15-19(20)24(29)30)25-23(28)22-4-3-13-31-22;3-2(4,5)1(6)7/h3-8,13-15H,9-12H2,1-2H3,(H,25,28)(H,29,30);(H,6,7). The van der Waals surface area contributed by atoms with Gasteiger partial charge in [0, 0.05) is 37.6 Å². The smallest absolute Gasteiger partial charge is 0.478 e. The summed E-state index contributed by atoms with van der Waals surface area (Å²) in [4.78, 5) is 38.2. The first-order chi connectivity index (χ1) is 17.9. The summed E-state index contributed by atoms with van der Waals surface area (Å²) in [7, 11) is 0. The number of carbonyl (C=O) groups is 3. The highest BCUT2D eigenvalue weighted by molar-refractivity contribution is 7.12. The summed E-state index contributed by atoms with van der Waals surface area (Å²) in [5.74, 6) is -3.99. The molecule has 0 spiro atoms. The van der Waals surface area contributed by atoms with E-state index in [1.807, 2.05) is 11.4 Å². The molecule has 2 heterocycles. The molecule has 0 bridgehead atoms. The average molecular weight is 550 g/mol. The van der Waals surface area contributed by atoms with Crippen LogP contribution in [0.2, 0.25) is 0 Å². The fourth-order valence-corrected chi connectivity index (χ4v) is 4.53. The Labute approximate surface area is 220 Å². The molecule has 3 aromatic rings. The largest absolute Gasteiger partial charge is 0.490 e. The van der Waals surface area contributed by atoms with Crippen LogP contribution in [0.15, 0.2) is 53.9 Å². The van der Waals surface area contributed by atoms with Crippen LogP contribution in [0.25, 0.3) is 0 Å². The van der Waals surface area contributed by atoms with Gasteiger partial charge < -0.3 is 25.3 Å². The molecule has 12 heteroatoms. The van der Waals surface area contributed by atoms with Gasteiger partial charge in [0.2, 0.25) is 0 Å².